The van der Waals surface area contributed by atoms with E-state index >= 15 is 0 Å². The van der Waals surface area contributed by atoms with Crippen molar-refractivity contribution in [3.05, 3.63) is 28.0 Å². The Bertz CT molecular complexity index is 477. The summed E-state index contributed by atoms with van der Waals surface area (Å²) < 4.78 is 0.597. The normalized spacial score (nSPS) is 20.6. The molecule has 1 aromatic rings. The molecule has 1 aliphatic heterocycles. The predicted octanol–water partition coefficient (Wildman–Crippen LogP) is 2.53. The molecule has 2 heterocycles. The van der Waals surface area contributed by atoms with Gasteiger partial charge in [0.25, 0.3) is 5.91 Å². The third kappa shape index (κ3) is 3.34. The number of hydrogen-bond acceptors (Lipinski definition) is 3. The number of aliphatic hydroxyl groups is 1. The second-order valence-electron chi connectivity index (χ2n) is 5.17. The van der Waals surface area contributed by atoms with Crippen LogP contribution < -0.4 is 0 Å². The predicted molar refractivity (Wildman–Crippen MR) is 77.0 cm³/mol. The third-order valence-electron chi connectivity index (χ3n) is 3.47. The monoisotopic (exact) mass is 326 g/mol. The maximum Gasteiger partial charge on any atom is 0.256 e. The molecule has 1 aliphatic rings. The zero-order valence-corrected chi connectivity index (χ0v) is 12.9. The Hall–Kier alpha value is -0.940. The van der Waals surface area contributed by atoms with Crippen LogP contribution in [0.15, 0.2) is 16.7 Å². The molecule has 0 saturated carbocycles. The lowest BCUT2D eigenvalue weighted by Gasteiger charge is -2.26. The van der Waals surface area contributed by atoms with Crippen molar-refractivity contribution in [1.82, 2.24) is 9.88 Å². The van der Waals surface area contributed by atoms with Gasteiger partial charge in [-0.25, -0.2) is 4.98 Å². The minimum atomic E-state index is -0.377. The summed E-state index contributed by atoms with van der Waals surface area (Å²) in [6.07, 6.45) is 2.23. The Kier molecular flexibility index (Phi) is 4.58. The first-order valence-corrected chi connectivity index (χ1v) is 7.40. The van der Waals surface area contributed by atoms with Crippen LogP contribution in [0.3, 0.4) is 0 Å². The molecule has 2 atom stereocenters. The van der Waals surface area contributed by atoms with Crippen molar-refractivity contribution in [1.29, 1.82) is 0 Å². The number of nitrogens with zero attached hydrogens (tertiary/aromatic N) is 2. The van der Waals surface area contributed by atoms with Crippen molar-refractivity contribution >= 4 is 21.8 Å². The average Bonchev–Trinajstić information content (AvgIpc) is 2.75. The molecule has 0 radical (unpaired) electrons. The van der Waals surface area contributed by atoms with Crippen molar-refractivity contribution in [3.8, 4) is 0 Å². The van der Waals surface area contributed by atoms with Gasteiger partial charge >= 0.3 is 0 Å². The van der Waals surface area contributed by atoms with Crippen LogP contribution in [0.2, 0.25) is 0 Å². The Morgan fingerprint density at radius 1 is 1.63 bits per heavy atom. The van der Waals surface area contributed by atoms with Crippen molar-refractivity contribution in [2.24, 2.45) is 0 Å². The van der Waals surface area contributed by atoms with Gasteiger partial charge in [-0.05, 0) is 61.2 Å². The summed E-state index contributed by atoms with van der Waals surface area (Å²) >= 11 is 3.36. The molecule has 1 N–H and O–H groups in total. The summed E-state index contributed by atoms with van der Waals surface area (Å²) in [6, 6.07) is 3.80. The highest BCUT2D eigenvalue weighted by Crippen LogP contribution is 2.25. The van der Waals surface area contributed by atoms with Gasteiger partial charge in [0.1, 0.15) is 4.60 Å². The van der Waals surface area contributed by atoms with Gasteiger partial charge in [-0.3, -0.25) is 4.79 Å². The topological polar surface area (TPSA) is 53.4 Å². The number of aryl methyl sites for hydroxylation is 1. The van der Waals surface area contributed by atoms with E-state index in [1.807, 2.05) is 24.0 Å². The third-order valence-corrected chi connectivity index (χ3v) is 4.07. The number of aliphatic hydroxyl groups excluding tert-OH is 1. The van der Waals surface area contributed by atoms with Crippen LogP contribution in [0.1, 0.15) is 42.2 Å². The number of rotatable bonds is 3. The number of likely N-dealkylation sites (tertiary alicyclic amines) is 1. The van der Waals surface area contributed by atoms with E-state index in [2.05, 4.69) is 20.9 Å². The minimum Gasteiger partial charge on any atom is -0.393 e. The average molecular weight is 327 g/mol. The molecular weight excluding hydrogens is 308 g/mol. The summed E-state index contributed by atoms with van der Waals surface area (Å²) in [6.45, 7) is 4.42. The molecule has 1 aromatic heterocycles. The first-order valence-electron chi connectivity index (χ1n) is 6.61. The smallest absolute Gasteiger partial charge is 0.256 e. The van der Waals surface area contributed by atoms with Gasteiger partial charge in [-0.1, -0.05) is 0 Å². The fraction of sp³-hybridized carbons (Fsp3) is 0.571. The summed E-state index contributed by atoms with van der Waals surface area (Å²) in [5.74, 6) is 0.00234. The number of halogens is 1. The molecule has 0 aliphatic carbocycles. The van der Waals surface area contributed by atoms with E-state index < -0.39 is 0 Å². The highest BCUT2D eigenvalue weighted by Gasteiger charge is 2.31. The first kappa shape index (κ1) is 14.5. The van der Waals surface area contributed by atoms with Crippen LogP contribution in [0.5, 0.6) is 0 Å². The van der Waals surface area contributed by atoms with E-state index in [-0.39, 0.29) is 18.1 Å². The zero-order chi connectivity index (χ0) is 14.0. The van der Waals surface area contributed by atoms with E-state index in [0.29, 0.717) is 16.6 Å². The van der Waals surface area contributed by atoms with E-state index in [4.69, 9.17) is 0 Å². The first-order chi connectivity index (χ1) is 8.99. The van der Waals surface area contributed by atoms with Crippen molar-refractivity contribution < 1.29 is 9.90 Å². The second kappa shape index (κ2) is 6.01. The van der Waals surface area contributed by atoms with Crippen LogP contribution in [-0.4, -0.2) is 39.6 Å². The molecule has 1 saturated heterocycles. The van der Waals surface area contributed by atoms with Gasteiger partial charge in [-0.15, -0.1) is 0 Å². The lowest BCUT2D eigenvalue weighted by atomic mass is 10.1. The largest absolute Gasteiger partial charge is 0.393 e. The zero-order valence-electron chi connectivity index (χ0n) is 11.3. The lowest BCUT2D eigenvalue weighted by Crippen LogP contribution is -2.37. The summed E-state index contributed by atoms with van der Waals surface area (Å²) in [5, 5.41) is 9.51. The molecular formula is C14H19BrN2O2. The molecule has 1 amide bonds. The number of hydrogen-bond donors (Lipinski definition) is 1. The van der Waals surface area contributed by atoms with Gasteiger partial charge in [0.15, 0.2) is 0 Å². The molecule has 0 bridgehead atoms. The van der Waals surface area contributed by atoms with Crippen LogP contribution >= 0.6 is 15.9 Å². The molecule has 104 valence electrons. The Balaban J connectivity index is 2.18. The second-order valence-corrected chi connectivity index (χ2v) is 5.92. The van der Waals surface area contributed by atoms with Crippen LogP contribution in [0.25, 0.3) is 0 Å². The van der Waals surface area contributed by atoms with Crippen LogP contribution in [0.4, 0.5) is 0 Å². The van der Waals surface area contributed by atoms with Gasteiger partial charge in [0.2, 0.25) is 0 Å². The maximum atomic E-state index is 12.5. The number of amides is 1. The molecule has 0 spiro atoms. The van der Waals surface area contributed by atoms with Gasteiger partial charge in [-0.2, -0.15) is 0 Å². The molecule has 19 heavy (non-hydrogen) atoms. The Labute approximate surface area is 122 Å². The van der Waals surface area contributed by atoms with Crippen molar-refractivity contribution in [2.75, 3.05) is 6.54 Å². The molecule has 2 rings (SSSR count). The fourth-order valence-electron chi connectivity index (χ4n) is 2.58. The minimum absolute atomic E-state index is 0.00234. The lowest BCUT2D eigenvalue weighted by molar-refractivity contribution is 0.0680. The molecule has 2 unspecified atom stereocenters. The number of aromatic nitrogens is 1. The SMILES string of the molecule is Cc1ccc(C(=O)N2CCCC2CC(C)O)c(Br)n1. The summed E-state index contributed by atoms with van der Waals surface area (Å²) in [4.78, 5) is 18.7. The molecule has 5 heteroatoms. The maximum absolute atomic E-state index is 12.5. The summed E-state index contributed by atoms with van der Waals surface area (Å²) in [7, 11) is 0. The molecule has 4 nitrogen and oxygen atoms in total. The van der Waals surface area contributed by atoms with E-state index in [9.17, 15) is 9.90 Å². The Morgan fingerprint density at radius 3 is 3.00 bits per heavy atom. The summed E-state index contributed by atoms with van der Waals surface area (Å²) in [5.41, 5.74) is 1.48. The fourth-order valence-corrected chi connectivity index (χ4v) is 3.16. The number of carbonyl (C=O) groups is 1. The number of pyridine rings is 1. The van der Waals surface area contributed by atoms with Crippen LogP contribution in [0, 0.1) is 6.92 Å². The van der Waals surface area contributed by atoms with E-state index in [1.165, 1.54) is 0 Å². The van der Waals surface area contributed by atoms with Crippen LogP contribution in [-0.2, 0) is 0 Å². The highest BCUT2D eigenvalue weighted by molar-refractivity contribution is 9.10. The molecule has 1 fully saturated rings. The van der Waals surface area contributed by atoms with Crippen molar-refractivity contribution in [3.63, 3.8) is 0 Å². The molecule has 0 aromatic carbocycles. The van der Waals surface area contributed by atoms with Crippen molar-refractivity contribution in [2.45, 2.75) is 45.3 Å². The Morgan fingerprint density at radius 2 is 2.37 bits per heavy atom. The quantitative estimate of drug-likeness (QED) is 0.868. The van der Waals surface area contributed by atoms with Gasteiger partial charge in [0, 0.05) is 18.3 Å². The van der Waals surface area contributed by atoms with Gasteiger partial charge in [0.05, 0.1) is 11.7 Å². The number of carbonyl (C=O) groups excluding carboxylic acids is 1. The highest BCUT2D eigenvalue weighted by atomic mass is 79.9. The van der Waals surface area contributed by atoms with E-state index in [0.717, 1.165) is 25.1 Å². The van der Waals surface area contributed by atoms with E-state index in [1.54, 1.807) is 6.92 Å². The van der Waals surface area contributed by atoms with Gasteiger partial charge < -0.3 is 10.0 Å². The standard InChI is InChI=1S/C14H19BrN2O2/c1-9-5-6-12(13(15)16-9)14(19)17-7-3-4-11(17)8-10(2)18/h5-6,10-11,18H,3-4,7-8H2,1-2H3.